The van der Waals surface area contributed by atoms with Crippen LogP contribution in [0, 0.1) is 11.8 Å². The van der Waals surface area contributed by atoms with Crippen LogP contribution in [-0.2, 0) is 0 Å². The molecular formula is C14H30N2. The van der Waals surface area contributed by atoms with Crippen LogP contribution in [0.4, 0.5) is 0 Å². The molecule has 1 saturated heterocycles. The van der Waals surface area contributed by atoms with Crippen molar-refractivity contribution in [2.45, 2.75) is 46.5 Å². The Morgan fingerprint density at radius 3 is 2.25 bits per heavy atom. The third kappa shape index (κ3) is 4.84. The van der Waals surface area contributed by atoms with Crippen LogP contribution in [0.15, 0.2) is 0 Å². The monoisotopic (exact) mass is 226 g/mol. The molecule has 2 nitrogen and oxygen atoms in total. The van der Waals surface area contributed by atoms with E-state index in [2.05, 4.69) is 31.0 Å². The van der Waals surface area contributed by atoms with Crippen molar-refractivity contribution in [2.75, 3.05) is 32.7 Å². The second kappa shape index (κ2) is 8.08. The minimum absolute atomic E-state index is 0.904. The number of hydrogen-bond donors (Lipinski definition) is 1. The normalized spacial score (nSPS) is 18.6. The second-order valence-corrected chi connectivity index (χ2v) is 5.23. The van der Waals surface area contributed by atoms with Gasteiger partial charge in [0.1, 0.15) is 0 Å². The lowest BCUT2D eigenvalue weighted by molar-refractivity contribution is 0.183. The molecule has 0 unspecified atom stereocenters. The summed E-state index contributed by atoms with van der Waals surface area (Å²) in [5.74, 6) is 1.84. The highest BCUT2D eigenvalue weighted by Crippen LogP contribution is 2.16. The van der Waals surface area contributed by atoms with Gasteiger partial charge in [-0.1, -0.05) is 33.6 Å². The fourth-order valence-electron chi connectivity index (χ4n) is 2.67. The lowest BCUT2D eigenvalue weighted by Crippen LogP contribution is -2.38. The molecule has 0 aliphatic carbocycles. The van der Waals surface area contributed by atoms with Crippen LogP contribution in [-0.4, -0.2) is 37.6 Å². The van der Waals surface area contributed by atoms with E-state index in [0.717, 1.165) is 11.8 Å². The maximum atomic E-state index is 3.45. The van der Waals surface area contributed by atoms with Crippen LogP contribution < -0.4 is 5.32 Å². The van der Waals surface area contributed by atoms with Gasteiger partial charge < -0.3 is 10.2 Å². The first-order chi connectivity index (χ1) is 7.80. The van der Waals surface area contributed by atoms with E-state index in [0.29, 0.717) is 0 Å². The summed E-state index contributed by atoms with van der Waals surface area (Å²) in [6.45, 7) is 13.3. The summed E-state index contributed by atoms with van der Waals surface area (Å²) >= 11 is 0. The van der Waals surface area contributed by atoms with E-state index in [1.54, 1.807) is 0 Å². The predicted molar refractivity (Wildman–Crippen MR) is 71.8 cm³/mol. The molecule has 16 heavy (non-hydrogen) atoms. The SMILES string of the molecule is CCC(CC)CN(CC)CC1CCNCC1. The first kappa shape index (κ1) is 14.0. The second-order valence-electron chi connectivity index (χ2n) is 5.23. The molecule has 0 saturated carbocycles. The molecule has 1 rings (SSSR count). The van der Waals surface area contributed by atoms with Gasteiger partial charge in [-0.2, -0.15) is 0 Å². The minimum atomic E-state index is 0.904. The molecule has 0 atom stereocenters. The van der Waals surface area contributed by atoms with Crippen molar-refractivity contribution in [2.24, 2.45) is 11.8 Å². The van der Waals surface area contributed by atoms with Gasteiger partial charge in [0.25, 0.3) is 0 Å². The van der Waals surface area contributed by atoms with Crippen molar-refractivity contribution in [3.8, 4) is 0 Å². The zero-order valence-corrected chi connectivity index (χ0v) is 11.5. The maximum absolute atomic E-state index is 3.45. The fraction of sp³-hybridized carbons (Fsp3) is 1.00. The van der Waals surface area contributed by atoms with Crippen molar-refractivity contribution in [3.63, 3.8) is 0 Å². The molecule has 1 aliphatic heterocycles. The first-order valence-corrected chi connectivity index (χ1v) is 7.23. The summed E-state index contributed by atoms with van der Waals surface area (Å²) in [5.41, 5.74) is 0. The molecule has 0 radical (unpaired) electrons. The van der Waals surface area contributed by atoms with Gasteiger partial charge in [0.2, 0.25) is 0 Å². The Morgan fingerprint density at radius 2 is 1.75 bits per heavy atom. The molecule has 1 heterocycles. The summed E-state index contributed by atoms with van der Waals surface area (Å²) in [6, 6.07) is 0. The van der Waals surface area contributed by atoms with Gasteiger partial charge in [-0.25, -0.2) is 0 Å². The fourth-order valence-corrected chi connectivity index (χ4v) is 2.67. The third-order valence-electron chi connectivity index (χ3n) is 4.09. The zero-order chi connectivity index (χ0) is 11.8. The lowest BCUT2D eigenvalue weighted by atomic mass is 9.96. The number of nitrogens with one attached hydrogen (secondary N) is 1. The van der Waals surface area contributed by atoms with E-state index < -0.39 is 0 Å². The molecule has 2 heteroatoms. The van der Waals surface area contributed by atoms with Crippen LogP contribution in [0.5, 0.6) is 0 Å². The molecule has 0 aromatic carbocycles. The van der Waals surface area contributed by atoms with Crippen LogP contribution in [0.2, 0.25) is 0 Å². The Kier molecular flexibility index (Phi) is 7.06. The number of nitrogens with zero attached hydrogens (tertiary/aromatic N) is 1. The van der Waals surface area contributed by atoms with Gasteiger partial charge in [-0.3, -0.25) is 0 Å². The van der Waals surface area contributed by atoms with E-state index in [9.17, 15) is 0 Å². The Labute approximate surface area is 102 Å². The Bertz CT molecular complexity index is 160. The number of rotatable bonds is 7. The van der Waals surface area contributed by atoms with Gasteiger partial charge in [-0.15, -0.1) is 0 Å². The molecule has 0 aromatic heterocycles. The van der Waals surface area contributed by atoms with Gasteiger partial charge in [0.05, 0.1) is 0 Å². The van der Waals surface area contributed by atoms with Crippen LogP contribution >= 0.6 is 0 Å². The summed E-state index contributed by atoms with van der Waals surface area (Å²) < 4.78 is 0. The van der Waals surface area contributed by atoms with Crippen LogP contribution in [0.3, 0.4) is 0 Å². The van der Waals surface area contributed by atoms with E-state index in [1.807, 2.05) is 0 Å². The van der Waals surface area contributed by atoms with Crippen molar-refractivity contribution < 1.29 is 0 Å². The molecule has 0 bridgehead atoms. The van der Waals surface area contributed by atoms with E-state index in [-0.39, 0.29) is 0 Å². The molecule has 96 valence electrons. The minimum Gasteiger partial charge on any atom is -0.317 e. The Morgan fingerprint density at radius 1 is 1.12 bits per heavy atom. The third-order valence-corrected chi connectivity index (χ3v) is 4.09. The molecule has 0 aromatic rings. The van der Waals surface area contributed by atoms with E-state index >= 15 is 0 Å². The topological polar surface area (TPSA) is 15.3 Å². The highest BCUT2D eigenvalue weighted by Gasteiger charge is 2.17. The molecule has 1 N–H and O–H groups in total. The molecule has 0 amide bonds. The highest BCUT2D eigenvalue weighted by atomic mass is 15.1. The molecular weight excluding hydrogens is 196 g/mol. The summed E-state index contributed by atoms with van der Waals surface area (Å²) in [5, 5.41) is 3.45. The average molecular weight is 226 g/mol. The largest absolute Gasteiger partial charge is 0.317 e. The Balaban J connectivity index is 2.29. The summed E-state index contributed by atoms with van der Waals surface area (Å²) in [4.78, 5) is 2.67. The van der Waals surface area contributed by atoms with E-state index in [4.69, 9.17) is 0 Å². The van der Waals surface area contributed by atoms with Crippen molar-refractivity contribution in [3.05, 3.63) is 0 Å². The summed E-state index contributed by atoms with van der Waals surface area (Å²) in [7, 11) is 0. The first-order valence-electron chi connectivity index (χ1n) is 7.23. The van der Waals surface area contributed by atoms with Crippen molar-refractivity contribution in [1.82, 2.24) is 10.2 Å². The van der Waals surface area contributed by atoms with Gasteiger partial charge >= 0.3 is 0 Å². The van der Waals surface area contributed by atoms with Crippen molar-refractivity contribution in [1.29, 1.82) is 0 Å². The quantitative estimate of drug-likeness (QED) is 0.718. The van der Waals surface area contributed by atoms with Gasteiger partial charge in [0.15, 0.2) is 0 Å². The summed E-state index contributed by atoms with van der Waals surface area (Å²) in [6.07, 6.45) is 5.41. The number of hydrogen-bond acceptors (Lipinski definition) is 2. The maximum Gasteiger partial charge on any atom is 0.00106 e. The number of piperidine rings is 1. The van der Waals surface area contributed by atoms with Gasteiger partial charge in [-0.05, 0) is 44.3 Å². The smallest absolute Gasteiger partial charge is 0.00106 e. The lowest BCUT2D eigenvalue weighted by Gasteiger charge is -2.31. The molecule has 1 fully saturated rings. The van der Waals surface area contributed by atoms with Crippen molar-refractivity contribution >= 4 is 0 Å². The standard InChI is InChI=1S/C14H30N2/c1-4-13(5-2)11-16(6-3)12-14-7-9-15-10-8-14/h13-15H,4-12H2,1-3H3. The zero-order valence-electron chi connectivity index (χ0n) is 11.5. The van der Waals surface area contributed by atoms with Crippen LogP contribution in [0.1, 0.15) is 46.5 Å². The predicted octanol–water partition coefficient (Wildman–Crippen LogP) is 2.74. The molecule has 0 spiro atoms. The van der Waals surface area contributed by atoms with E-state index in [1.165, 1.54) is 58.4 Å². The average Bonchev–Trinajstić information content (AvgIpc) is 2.35. The van der Waals surface area contributed by atoms with Gasteiger partial charge in [0, 0.05) is 13.1 Å². The van der Waals surface area contributed by atoms with Crippen LogP contribution in [0.25, 0.3) is 0 Å². The Hall–Kier alpha value is -0.0800. The highest BCUT2D eigenvalue weighted by molar-refractivity contribution is 4.73. The molecule has 1 aliphatic rings.